The first-order valence-corrected chi connectivity index (χ1v) is 36.4. The van der Waals surface area contributed by atoms with Crippen molar-refractivity contribution in [3.63, 3.8) is 0 Å². The van der Waals surface area contributed by atoms with Gasteiger partial charge in [-0.2, -0.15) is 0 Å². The van der Waals surface area contributed by atoms with E-state index >= 15 is 0 Å². The quantitative estimate of drug-likeness (QED) is 0.0195. The minimum absolute atomic E-state index is 0.0477. The molecule has 0 rings (SSSR count). The Morgan fingerprint density at radius 2 is 0.674 bits per heavy atom. The summed E-state index contributed by atoms with van der Waals surface area (Å²) in [4.78, 5) is 38.0. The molecule has 10 heteroatoms. The third kappa shape index (κ3) is 69.3. The molecule has 0 aromatic rings. The van der Waals surface area contributed by atoms with Gasteiger partial charge < -0.3 is 27.9 Å². The lowest BCUT2D eigenvalue weighted by atomic mass is 10.0. The van der Waals surface area contributed by atoms with Crippen molar-refractivity contribution in [2.45, 2.75) is 290 Å². The Morgan fingerprint density at radius 3 is 1.02 bits per heavy atom. The number of ether oxygens (including phenoxy) is 2. The van der Waals surface area contributed by atoms with Crippen LogP contribution in [0.25, 0.3) is 0 Å². The summed E-state index contributed by atoms with van der Waals surface area (Å²) in [7, 11) is 1.12. The first-order chi connectivity index (χ1) is 42.0. The van der Waals surface area contributed by atoms with E-state index < -0.39 is 32.5 Å². The number of unbranched alkanes of at least 4 members (excludes halogenated alkanes) is 27. The lowest BCUT2D eigenvalue weighted by molar-refractivity contribution is -0.870. The lowest BCUT2D eigenvalue weighted by Crippen LogP contribution is -2.37. The van der Waals surface area contributed by atoms with Gasteiger partial charge in [-0.25, -0.2) is 0 Å². The van der Waals surface area contributed by atoms with Crippen LogP contribution in [0.15, 0.2) is 134 Å². The summed E-state index contributed by atoms with van der Waals surface area (Å²) in [6.07, 6.45) is 95.5. The Morgan fingerprint density at radius 1 is 0.372 bits per heavy atom. The second-order valence-corrected chi connectivity index (χ2v) is 25.6. The molecule has 0 fully saturated rings. The van der Waals surface area contributed by atoms with Crippen LogP contribution in [0, 0.1) is 0 Å². The van der Waals surface area contributed by atoms with Crippen LogP contribution in [-0.4, -0.2) is 70.0 Å². The molecule has 0 bridgehead atoms. The van der Waals surface area contributed by atoms with Gasteiger partial charge in [0.2, 0.25) is 0 Å². The molecule has 0 saturated heterocycles. The summed E-state index contributed by atoms with van der Waals surface area (Å²) >= 11 is 0. The van der Waals surface area contributed by atoms with Crippen molar-refractivity contribution in [3.8, 4) is 0 Å². The van der Waals surface area contributed by atoms with Crippen molar-refractivity contribution >= 4 is 19.8 Å². The molecule has 0 spiro atoms. The van der Waals surface area contributed by atoms with E-state index in [0.717, 1.165) is 83.5 Å². The zero-order valence-corrected chi connectivity index (χ0v) is 56.9. The minimum Gasteiger partial charge on any atom is -0.756 e. The highest BCUT2D eigenvalue weighted by Gasteiger charge is 2.22. The van der Waals surface area contributed by atoms with Gasteiger partial charge in [-0.1, -0.05) is 295 Å². The van der Waals surface area contributed by atoms with Crippen molar-refractivity contribution in [3.05, 3.63) is 134 Å². The van der Waals surface area contributed by atoms with Gasteiger partial charge in [-0.15, -0.1) is 0 Å². The standard InChI is InChI=1S/C76H130NO8P/c1-6-8-10-12-14-16-18-20-22-24-26-28-30-32-34-36-37-38-39-41-42-44-46-48-50-52-54-56-58-60-62-64-66-68-75(78)82-72-74(73-84-86(80,81)83-71-70-77(3,4)5)85-76(79)69-67-65-63-61-59-57-55-53-51-49-47-45-43-40-35-33-31-29-27-25-23-21-19-17-15-13-11-9-7-2/h9,11,15,17-18,20-21,23-24,26-27,29,33,35,43,45,49,51,55,57,61,63,74H,6-8,10,12-14,16,19,22,25,28,30-32,34,36-42,44,46-48,50,52-54,56,58-60,62,64-73H2,1-5H3/b11-9-,17-15-,20-18-,23-21-,26-24-,29-27-,35-33-,45-43-,51-49-,57-55-,63-61-. The molecule has 0 aromatic carbocycles. The predicted octanol–water partition coefficient (Wildman–Crippen LogP) is 22.2. The van der Waals surface area contributed by atoms with E-state index in [1.807, 2.05) is 27.2 Å². The molecule has 86 heavy (non-hydrogen) atoms. The second-order valence-electron chi connectivity index (χ2n) is 24.2. The maximum absolute atomic E-state index is 12.8. The fourth-order valence-corrected chi connectivity index (χ4v) is 10.1. The number of phosphoric acid groups is 1. The highest BCUT2D eigenvalue weighted by atomic mass is 31.2. The van der Waals surface area contributed by atoms with Crippen molar-refractivity contribution < 1.29 is 42.1 Å². The predicted molar refractivity (Wildman–Crippen MR) is 369 cm³/mol. The molecule has 2 atom stereocenters. The van der Waals surface area contributed by atoms with E-state index in [-0.39, 0.29) is 26.1 Å². The molecule has 0 aliphatic rings. The number of hydrogen-bond acceptors (Lipinski definition) is 8. The molecule has 0 aliphatic carbocycles. The minimum atomic E-state index is -4.67. The number of quaternary nitrogens is 1. The molecule has 9 nitrogen and oxygen atoms in total. The van der Waals surface area contributed by atoms with Crippen LogP contribution in [0.1, 0.15) is 284 Å². The topological polar surface area (TPSA) is 111 Å². The maximum Gasteiger partial charge on any atom is 0.306 e. The number of hydrogen-bond donors (Lipinski definition) is 0. The Hall–Kier alpha value is -3.85. The molecule has 492 valence electrons. The number of carbonyl (C=O) groups is 2. The smallest absolute Gasteiger partial charge is 0.306 e. The van der Waals surface area contributed by atoms with E-state index in [1.54, 1.807) is 0 Å². The van der Waals surface area contributed by atoms with Crippen LogP contribution < -0.4 is 4.89 Å². The summed E-state index contributed by atoms with van der Waals surface area (Å²) in [6.45, 7) is 4.06. The largest absolute Gasteiger partial charge is 0.756 e. The summed E-state index contributed by atoms with van der Waals surface area (Å²) in [5.74, 6) is -0.904. The highest BCUT2D eigenvalue weighted by molar-refractivity contribution is 7.45. The summed E-state index contributed by atoms with van der Waals surface area (Å²) in [5, 5.41) is 0. The summed E-state index contributed by atoms with van der Waals surface area (Å²) in [6, 6.07) is 0. The average Bonchev–Trinajstić information content (AvgIpc) is 3.67. The monoisotopic (exact) mass is 1220 g/mol. The molecular formula is C76H130NO8P. The van der Waals surface area contributed by atoms with E-state index in [1.165, 1.54) is 161 Å². The number of esters is 2. The second kappa shape index (κ2) is 65.6. The van der Waals surface area contributed by atoms with Crippen molar-refractivity contribution in [2.24, 2.45) is 0 Å². The maximum atomic E-state index is 12.8. The average molecular weight is 1220 g/mol. The van der Waals surface area contributed by atoms with Gasteiger partial charge in [0.25, 0.3) is 7.82 Å². The van der Waals surface area contributed by atoms with Gasteiger partial charge in [0.15, 0.2) is 6.10 Å². The normalized spacial score (nSPS) is 14.0. The van der Waals surface area contributed by atoms with Crippen LogP contribution in [-0.2, 0) is 32.7 Å². The van der Waals surface area contributed by atoms with Crippen LogP contribution in [0.4, 0.5) is 0 Å². The molecule has 0 saturated carbocycles. The lowest BCUT2D eigenvalue weighted by Gasteiger charge is -2.28. The molecular weight excluding hydrogens is 1090 g/mol. The zero-order chi connectivity index (χ0) is 62.6. The van der Waals surface area contributed by atoms with Gasteiger partial charge in [0.05, 0.1) is 27.7 Å². The van der Waals surface area contributed by atoms with Gasteiger partial charge in [-0.3, -0.25) is 14.2 Å². The number of nitrogens with zero attached hydrogens (tertiary/aromatic N) is 1. The third-order valence-corrected chi connectivity index (χ3v) is 15.6. The Balaban J connectivity index is 4.14. The van der Waals surface area contributed by atoms with E-state index in [9.17, 15) is 19.0 Å². The number of allylic oxidation sites excluding steroid dienone is 22. The van der Waals surface area contributed by atoms with Crippen LogP contribution in [0.5, 0.6) is 0 Å². The van der Waals surface area contributed by atoms with Crippen LogP contribution >= 0.6 is 7.82 Å². The third-order valence-electron chi connectivity index (χ3n) is 14.7. The van der Waals surface area contributed by atoms with E-state index in [2.05, 4.69) is 141 Å². The SMILES string of the molecule is CC/C=C\C/C=C\C/C=C\C/C=C\C/C=C\C/C=C\C/C=C\C/C=C\C/C=C\CCCC(=O)OC(COC(=O)CCCCCCCCCCCCCCCCCCCCCCC/C=C\C/C=C\CCCCCCC)COP(=O)([O-])OCC[N+](C)(C)C. The van der Waals surface area contributed by atoms with E-state index in [4.69, 9.17) is 18.5 Å². The van der Waals surface area contributed by atoms with Gasteiger partial charge >= 0.3 is 11.9 Å². The Bertz CT molecular complexity index is 1910. The van der Waals surface area contributed by atoms with Crippen LogP contribution in [0.2, 0.25) is 0 Å². The molecule has 2 unspecified atom stereocenters. The van der Waals surface area contributed by atoms with Crippen molar-refractivity contribution in [2.75, 3.05) is 47.5 Å². The first kappa shape index (κ1) is 82.1. The Kier molecular flexibility index (Phi) is 62.7. The molecule has 0 aromatic heterocycles. The van der Waals surface area contributed by atoms with Crippen molar-refractivity contribution in [1.29, 1.82) is 0 Å². The summed E-state index contributed by atoms with van der Waals surface area (Å²) < 4.78 is 34.2. The molecule has 0 N–H and O–H groups in total. The van der Waals surface area contributed by atoms with E-state index in [0.29, 0.717) is 23.9 Å². The first-order valence-electron chi connectivity index (χ1n) is 34.9. The highest BCUT2D eigenvalue weighted by Crippen LogP contribution is 2.38. The molecule has 0 aliphatic heterocycles. The van der Waals surface area contributed by atoms with Gasteiger partial charge in [0.1, 0.15) is 19.8 Å². The number of phosphoric ester groups is 1. The fourth-order valence-electron chi connectivity index (χ4n) is 9.34. The number of likely N-dealkylation sites (N-methyl/N-ethyl adjacent to an activating group) is 1. The van der Waals surface area contributed by atoms with Crippen molar-refractivity contribution in [1.82, 2.24) is 0 Å². The Labute approximate surface area is 530 Å². The zero-order valence-electron chi connectivity index (χ0n) is 56.0. The number of rotatable bonds is 63. The fraction of sp³-hybridized carbons (Fsp3) is 0.684. The molecule has 0 heterocycles. The number of carbonyl (C=O) groups excluding carboxylic acids is 2. The summed E-state index contributed by atoms with van der Waals surface area (Å²) in [5.41, 5.74) is 0. The van der Waals surface area contributed by atoms with Gasteiger partial charge in [-0.05, 0) is 109 Å². The molecule has 0 amide bonds. The van der Waals surface area contributed by atoms with Gasteiger partial charge in [0, 0.05) is 12.8 Å². The van der Waals surface area contributed by atoms with Crippen LogP contribution in [0.3, 0.4) is 0 Å². The molecule has 0 radical (unpaired) electrons.